The number of aldehydes is 1. The Balaban J connectivity index is 2.53. The lowest BCUT2D eigenvalue weighted by Gasteiger charge is -2.18. The van der Waals surface area contributed by atoms with E-state index in [-0.39, 0.29) is 19.3 Å². The summed E-state index contributed by atoms with van der Waals surface area (Å²) in [6.07, 6.45) is -0.132. The van der Waals surface area contributed by atoms with Crippen LogP contribution in [0.2, 0.25) is 0 Å². The quantitative estimate of drug-likeness (QED) is 0.684. The minimum Gasteiger partial charge on any atom is -0.490 e. The molecule has 1 N–H and O–H groups in total. The molecule has 0 bridgehead atoms. The lowest BCUT2D eigenvalue weighted by Crippen LogP contribution is -2.27. The van der Waals surface area contributed by atoms with Gasteiger partial charge in [-0.1, -0.05) is 15.9 Å². The van der Waals surface area contributed by atoms with Gasteiger partial charge in [0.1, 0.15) is 18.5 Å². The average Bonchev–Trinajstić information content (AvgIpc) is 2.43. The Labute approximate surface area is 133 Å². The number of aliphatic hydroxyl groups excluding tert-OH is 1. The molecule has 118 valence electrons. The SMILES string of the molecule is COCC(C)OCC(O)COc1c(C)cc(Br)cc1C=O. The van der Waals surface area contributed by atoms with E-state index in [0.29, 0.717) is 17.9 Å². The first-order valence-electron chi connectivity index (χ1n) is 6.64. The third-order valence-electron chi connectivity index (χ3n) is 2.79. The van der Waals surface area contributed by atoms with E-state index in [1.165, 1.54) is 0 Å². The Bertz CT molecular complexity index is 464. The van der Waals surface area contributed by atoms with E-state index in [1.54, 1.807) is 13.2 Å². The van der Waals surface area contributed by atoms with Crippen molar-refractivity contribution in [1.29, 1.82) is 0 Å². The van der Waals surface area contributed by atoms with E-state index >= 15 is 0 Å². The first-order chi connectivity index (χ1) is 9.97. The maximum Gasteiger partial charge on any atom is 0.153 e. The third-order valence-corrected chi connectivity index (χ3v) is 3.25. The summed E-state index contributed by atoms with van der Waals surface area (Å²) in [5, 5.41) is 9.85. The van der Waals surface area contributed by atoms with Crippen molar-refractivity contribution in [2.24, 2.45) is 0 Å². The van der Waals surface area contributed by atoms with E-state index in [2.05, 4.69) is 15.9 Å². The second-order valence-electron chi connectivity index (χ2n) is 4.82. The maximum absolute atomic E-state index is 11.1. The number of hydrogen-bond donors (Lipinski definition) is 1. The van der Waals surface area contributed by atoms with Crippen molar-refractivity contribution in [3.63, 3.8) is 0 Å². The van der Waals surface area contributed by atoms with Gasteiger partial charge in [-0.25, -0.2) is 0 Å². The molecule has 0 spiro atoms. The van der Waals surface area contributed by atoms with Crippen molar-refractivity contribution in [1.82, 2.24) is 0 Å². The third kappa shape index (κ3) is 6.13. The Morgan fingerprint density at radius 2 is 2.05 bits per heavy atom. The van der Waals surface area contributed by atoms with Crippen LogP contribution in [0.4, 0.5) is 0 Å². The highest BCUT2D eigenvalue weighted by Crippen LogP contribution is 2.27. The van der Waals surface area contributed by atoms with Crippen molar-refractivity contribution in [2.75, 3.05) is 26.9 Å². The number of rotatable bonds is 9. The highest BCUT2D eigenvalue weighted by molar-refractivity contribution is 9.10. The van der Waals surface area contributed by atoms with E-state index in [1.807, 2.05) is 19.9 Å². The zero-order valence-corrected chi connectivity index (χ0v) is 14.1. The van der Waals surface area contributed by atoms with Gasteiger partial charge in [-0.15, -0.1) is 0 Å². The van der Waals surface area contributed by atoms with Gasteiger partial charge in [-0.3, -0.25) is 4.79 Å². The molecular weight excluding hydrogens is 340 g/mol. The molecule has 0 fully saturated rings. The molecule has 0 saturated heterocycles. The van der Waals surface area contributed by atoms with Crippen molar-refractivity contribution in [3.8, 4) is 5.75 Å². The van der Waals surface area contributed by atoms with Gasteiger partial charge in [0.05, 0.1) is 24.9 Å². The zero-order valence-electron chi connectivity index (χ0n) is 12.5. The minimum atomic E-state index is -0.771. The first-order valence-corrected chi connectivity index (χ1v) is 7.44. The maximum atomic E-state index is 11.1. The number of carbonyl (C=O) groups is 1. The molecule has 1 aromatic carbocycles. The Kier molecular flexibility index (Phi) is 7.88. The molecule has 0 radical (unpaired) electrons. The summed E-state index contributed by atoms with van der Waals surface area (Å²) in [5.41, 5.74) is 1.27. The lowest BCUT2D eigenvalue weighted by atomic mass is 10.1. The van der Waals surface area contributed by atoms with Gasteiger partial charge in [-0.05, 0) is 31.5 Å². The van der Waals surface area contributed by atoms with E-state index in [9.17, 15) is 9.90 Å². The molecule has 2 unspecified atom stereocenters. The van der Waals surface area contributed by atoms with Gasteiger partial charge in [0.15, 0.2) is 6.29 Å². The van der Waals surface area contributed by atoms with Crippen LogP contribution in [0.15, 0.2) is 16.6 Å². The Morgan fingerprint density at radius 1 is 1.33 bits per heavy atom. The highest BCUT2D eigenvalue weighted by atomic mass is 79.9. The van der Waals surface area contributed by atoms with Crippen LogP contribution in [0.3, 0.4) is 0 Å². The summed E-state index contributed by atoms with van der Waals surface area (Å²) in [7, 11) is 1.59. The van der Waals surface area contributed by atoms with Crippen LogP contribution in [0.1, 0.15) is 22.8 Å². The summed E-state index contributed by atoms with van der Waals surface area (Å²) in [4.78, 5) is 11.1. The van der Waals surface area contributed by atoms with Gasteiger partial charge in [0.25, 0.3) is 0 Å². The standard InChI is InChI=1S/C15H21BrO5/c1-10-4-13(16)5-12(6-17)15(10)21-9-14(18)8-20-11(2)7-19-3/h4-6,11,14,18H,7-9H2,1-3H3. The second kappa shape index (κ2) is 9.15. The molecule has 1 rings (SSSR count). The fourth-order valence-corrected chi connectivity index (χ4v) is 2.42. The number of hydrogen-bond acceptors (Lipinski definition) is 5. The number of aliphatic hydroxyl groups is 1. The molecule has 2 atom stereocenters. The minimum absolute atomic E-state index is 0.0585. The van der Waals surface area contributed by atoms with Gasteiger partial charge in [0.2, 0.25) is 0 Å². The largest absolute Gasteiger partial charge is 0.490 e. The van der Waals surface area contributed by atoms with E-state index in [0.717, 1.165) is 16.3 Å². The molecule has 0 aliphatic rings. The molecule has 21 heavy (non-hydrogen) atoms. The van der Waals surface area contributed by atoms with Crippen molar-refractivity contribution in [2.45, 2.75) is 26.1 Å². The zero-order chi connectivity index (χ0) is 15.8. The predicted molar refractivity (Wildman–Crippen MR) is 83.1 cm³/mol. The molecule has 0 aliphatic carbocycles. The van der Waals surface area contributed by atoms with Crippen LogP contribution in [0.5, 0.6) is 5.75 Å². The number of carbonyl (C=O) groups excluding carboxylic acids is 1. The van der Waals surface area contributed by atoms with E-state index in [4.69, 9.17) is 14.2 Å². The fourth-order valence-electron chi connectivity index (χ4n) is 1.83. The van der Waals surface area contributed by atoms with Crippen LogP contribution < -0.4 is 4.74 Å². The van der Waals surface area contributed by atoms with Crippen molar-refractivity contribution >= 4 is 22.2 Å². The number of ether oxygens (including phenoxy) is 3. The molecule has 5 nitrogen and oxygen atoms in total. The van der Waals surface area contributed by atoms with Gasteiger partial charge < -0.3 is 19.3 Å². The second-order valence-corrected chi connectivity index (χ2v) is 5.74. The van der Waals surface area contributed by atoms with E-state index < -0.39 is 6.10 Å². The van der Waals surface area contributed by atoms with Crippen LogP contribution in [0.25, 0.3) is 0 Å². The van der Waals surface area contributed by atoms with Gasteiger partial charge in [0, 0.05) is 11.6 Å². The first kappa shape index (κ1) is 18.1. The highest BCUT2D eigenvalue weighted by Gasteiger charge is 2.13. The topological polar surface area (TPSA) is 65.0 Å². The van der Waals surface area contributed by atoms with Crippen LogP contribution in [0, 0.1) is 6.92 Å². The Hall–Kier alpha value is -0.950. The van der Waals surface area contributed by atoms with Crippen molar-refractivity contribution < 1.29 is 24.1 Å². The van der Waals surface area contributed by atoms with Gasteiger partial charge in [-0.2, -0.15) is 0 Å². The number of methoxy groups -OCH3 is 1. The molecule has 6 heteroatoms. The molecule has 1 aromatic rings. The Morgan fingerprint density at radius 3 is 2.67 bits per heavy atom. The van der Waals surface area contributed by atoms with Crippen LogP contribution in [-0.4, -0.2) is 50.5 Å². The van der Waals surface area contributed by atoms with Gasteiger partial charge >= 0.3 is 0 Å². The molecule has 0 saturated carbocycles. The molecule has 0 aromatic heterocycles. The number of halogens is 1. The normalized spacial score (nSPS) is 13.8. The molecule has 0 amide bonds. The van der Waals surface area contributed by atoms with Crippen LogP contribution >= 0.6 is 15.9 Å². The number of benzene rings is 1. The smallest absolute Gasteiger partial charge is 0.153 e. The summed E-state index contributed by atoms with van der Waals surface area (Å²) < 4.78 is 16.7. The van der Waals surface area contributed by atoms with Crippen molar-refractivity contribution in [3.05, 3.63) is 27.7 Å². The monoisotopic (exact) mass is 360 g/mol. The molecular formula is C15H21BrO5. The summed E-state index contributed by atoms with van der Waals surface area (Å²) in [6.45, 7) is 4.38. The summed E-state index contributed by atoms with van der Waals surface area (Å²) in [6, 6.07) is 3.53. The van der Waals surface area contributed by atoms with Crippen LogP contribution in [-0.2, 0) is 9.47 Å². The fraction of sp³-hybridized carbons (Fsp3) is 0.533. The summed E-state index contributed by atoms with van der Waals surface area (Å²) >= 11 is 3.33. The molecule has 0 heterocycles. The predicted octanol–water partition coefficient (Wildman–Crippen LogP) is 2.36. The lowest BCUT2D eigenvalue weighted by molar-refractivity contribution is -0.0423. The summed E-state index contributed by atoms with van der Waals surface area (Å²) in [5.74, 6) is 0.484. The number of aryl methyl sites for hydroxylation is 1. The molecule has 0 aliphatic heterocycles. The average molecular weight is 361 g/mol.